The second kappa shape index (κ2) is 8.85. The van der Waals surface area contributed by atoms with E-state index in [4.69, 9.17) is 16.3 Å². The predicted octanol–water partition coefficient (Wildman–Crippen LogP) is 5.36. The number of ether oxygens (including phenoxy) is 1. The van der Waals surface area contributed by atoms with Gasteiger partial charge in [-0.3, -0.25) is 0 Å². The van der Waals surface area contributed by atoms with E-state index in [9.17, 15) is 0 Å². The molecule has 0 fully saturated rings. The highest BCUT2D eigenvalue weighted by Crippen LogP contribution is 2.24. The van der Waals surface area contributed by atoms with Crippen LogP contribution in [0, 0.1) is 6.92 Å². The summed E-state index contributed by atoms with van der Waals surface area (Å²) in [6.07, 6.45) is 5.57. The molecule has 0 unspecified atom stereocenters. The molecule has 2 heterocycles. The van der Waals surface area contributed by atoms with E-state index in [-0.39, 0.29) is 5.28 Å². The molecule has 0 aliphatic carbocycles. The third kappa shape index (κ3) is 5.89. The number of halogens is 1. The van der Waals surface area contributed by atoms with Gasteiger partial charge in [0, 0.05) is 43.9 Å². The van der Waals surface area contributed by atoms with Gasteiger partial charge in [-0.1, -0.05) is 31.8 Å². The lowest BCUT2D eigenvalue weighted by molar-refractivity contribution is 0.0786. The minimum Gasteiger partial charge on any atom is -0.360 e. The zero-order valence-electron chi connectivity index (χ0n) is 16.7. The lowest BCUT2D eigenvalue weighted by Crippen LogP contribution is -2.22. The van der Waals surface area contributed by atoms with Crippen molar-refractivity contribution in [2.45, 2.75) is 39.3 Å². The second-order valence-corrected chi connectivity index (χ2v) is 13.9. The molecule has 0 saturated carbocycles. The Morgan fingerprint density at radius 2 is 1.86 bits per heavy atom. The molecule has 0 radical (unpaired) electrons. The van der Waals surface area contributed by atoms with Gasteiger partial charge < -0.3 is 10.1 Å². The molecule has 2 aromatic heterocycles. The van der Waals surface area contributed by atoms with Gasteiger partial charge in [-0.15, -0.1) is 0 Å². The van der Waals surface area contributed by atoms with Crippen LogP contribution in [0.1, 0.15) is 5.56 Å². The zero-order chi connectivity index (χ0) is 20.1. The molecule has 6 nitrogen and oxygen atoms in total. The minimum absolute atomic E-state index is 0.226. The van der Waals surface area contributed by atoms with Crippen LogP contribution in [0.3, 0.4) is 0 Å². The van der Waals surface area contributed by atoms with Gasteiger partial charge in [0.1, 0.15) is 12.5 Å². The monoisotopic (exact) mass is 415 g/mol. The van der Waals surface area contributed by atoms with Gasteiger partial charge in [0.2, 0.25) is 5.28 Å². The van der Waals surface area contributed by atoms with Crippen molar-refractivity contribution in [1.29, 1.82) is 0 Å². The summed E-state index contributed by atoms with van der Waals surface area (Å²) in [4.78, 5) is 8.19. The fourth-order valence-corrected chi connectivity index (χ4v) is 3.44. The van der Waals surface area contributed by atoms with Gasteiger partial charge in [0.05, 0.1) is 6.20 Å². The number of nitrogens with zero attached hydrogens (tertiary/aromatic N) is 4. The highest BCUT2D eigenvalue weighted by atomic mass is 35.5. The maximum atomic E-state index is 5.88. The Morgan fingerprint density at radius 3 is 2.57 bits per heavy atom. The van der Waals surface area contributed by atoms with Crippen LogP contribution in [0.2, 0.25) is 31.0 Å². The number of anilines is 2. The summed E-state index contributed by atoms with van der Waals surface area (Å²) in [7, 11) is -1.06. The smallest absolute Gasteiger partial charge is 0.224 e. The fourth-order valence-electron chi connectivity index (χ4n) is 2.55. The molecule has 0 atom stereocenters. The van der Waals surface area contributed by atoms with Crippen LogP contribution in [0.5, 0.6) is 0 Å². The van der Waals surface area contributed by atoms with Crippen LogP contribution in [0.25, 0.3) is 11.1 Å². The minimum atomic E-state index is -1.06. The fraction of sp³-hybridized carbons (Fsp3) is 0.350. The van der Waals surface area contributed by atoms with Crippen LogP contribution in [0.4, 0.5) is 11.5 Å². The molecule has 3 aromatic rings. The van der Waals surface area contributed by atoms with E-state index in [1.54, 1.807) is 6.20 Å². The predicted molar refractivity (Wildman–Crippen MR) is 117 cm³/mol. The third-order valence-electron chi connectivity index (χ3n) is 4.28. The van der Waals surface area contributed by atoms with Gasteiger partial charge >= 0.3 is 0 Å². The quantitative estimate of drug-likeness (QED) is 0.305. The van der Waals surface area contributed by atoms with Crippen LogP contribution in [-0.2, 0) is 11.5 Å². The van der Waals surface area contributed by atoms with E-state index in [0.717, 1.165) is 35.0 Å². The third-order valence-corrected chi connectivity index (χ3v) is 6.16. The normalized spacial score (nSPS) is 11.6. The molecule has 0 amide bonds. The topological polar surface area (TPSA) is 64.9 Å². The van der Waals surface area contributed by atoms with Crippen LogP contribution >= 0.6 is 11.6 Å². The molecular formula is C20H26ClN5OSi. The first-order valence-electron chi connectivity index (χ1n) is 9.27. The first kappa shape index (κ1) is 20.5. The molecule has 1 aromatic carbocycles. The second-order valence-electron chi connectivity index (χ2n) is 7.99. The Kier molecular flexibility index (Phi) is 6.48. The van der Waals surface area contributed by atoms with E-state index in [1.165, 1.54) is 0 Å². The molecule has 0 bridgehead atoms. The summed E-state index contributed by atoms with van der Waals surface area (Å²) in [5.74, 6) is 0.705. The molecule has 1 N–H and O–H groups in total. The van der Waals surface area contributed by atoms with Crippen molar-refractivity contribution in [3.8, 4) is 11.1 Å². The van der Waals surface area contributed by atoms with E-state index in [0.29, 0.717) is 12.5 Å². The molecule has 0 spiro atoms. The van der Waals surface area contributed by atoms with Gasteiger partial charge in [0.25, 0.3) is 0 Å². The maximum absolute atomic E-state index is 5.88. The van der Waals surface area contributed by atoms with Crippen molar-refractivity contribution in [3.05, 3.63) is 53.7 Å². The first-order chi connectivity index (χ1) is 13.3. The number of hydrogen-bond donors (Lipinski definition) is 1. The largest absolute Gasteiger partial charge is 0.360 e. The molecule has 3 rings (SSSR count). The highest BCUT2D eigenvalue weighted by molar-refractivity contribution is 6.76. The summed E-state index contributed by atoms with van der Waals surface area (Å²) in [5, 5.41) is 7.89. The molecule has 148 valence electrons. The zero-order valence-corrected chi connectivity index (χ0v) is 18.5. The number of benzene rings is 1. The first-order valence-corrected chi connectivity index (χ1v) is 13.4. The summed E-state index contributed by atoms with van der Waals surface area (Å²) < 4.78 is 7.58. The van der Waals surface area contributed by atoms with E-state index < -0.39 is 8.07 Å². The number of aromatic nitrogens is 4. The maximum Gasteiger partial charge on any atom is 0.224 e. The van der Waals surface area contributed by atoms with E-state index in [1.807, 2.05) is 48.3 Å². The Balaban J connectivity index is 1.59. The van der Waals surface area contributed by atoms with E-state index in [2.05, 4.69) is 40.0 Å². The Bertz CT molecular complexity index is 921. The Labute approximate surface area is 171 Å². The van der Waals surface area contributed by atoms with Gasteiger partial charge in [-0.25, -0.2) is 14.6 Å². The highest BCUT2D eigenvalue weighted by Gasteiger charge is 2.12. The average Bonchev–Trinajstić information content (AvgIpc) is 3.11. The van der Waals surface area contributed by atoms with Gasteiger partial charge in [-0.05, 0) is 42.3 Å². The van der Waals surface area contributed by atoms with Crippen molar-refractivity contribution in [3.63, 3.8) is 0 Å². The van der Waals surface area contributed by atoms with Crippen molar-refractivity contribution >= 4 is 31.2 Å². The summed E-state index contributed by atoms with van der Waals surface area (Å²) in [5.41, 5.74) is 4.02. The summed E-state index contributed by atoms with van der Waals surface area (Å²) in [6, 6.07) is 9.27. The molecule has 8 heteroatoms. The summed E-state index contributed by atoms with van der Waals surface area (Å²) >= 11 is 5.88. The number of aryl methyl sites for hydroxylation is 1. The summed E-state index contributed by atoms with van der Waals surface area (Å²) in [6.45, 7) is 10.3. The van der Waals surface area contributed by atoms with Crippen molar-refractivity contribution in [1.82, 2.24) is 19.7 Å². The molecular weight excluding hydrogens is 390 g/mol. The lowest BCUT2D eigenvalue weighted by Gasteiger charge is -2.15. The van der Waals surface area contributed by atoms with Crippen molar-refractivity contribution in [2.75, 3.05) is 11.9 Å². The van der Waals surface area contributed by atoms with Crippen LogP contribution in [0.15, 0.2) is 42.9 Å². The van der Waals surface area contributed by atoms with Crippen molar-refractivity contribution in [2.24, 2.45) is 0 Å². The molecule has 28 heavy (non-hydrogen) atoms. The average molecular weight is 416 g/mol. The lowest BCUT2D eigenvalue weighted by atomic mass is 10.1. The Morgan fingerprint density at radius 1 is 1.11 bits per heavy atom. The molecule has 0 saturated heterocycles. The van der Waals surface area contributed by atoms with Crippen molar-refractivity contribution < 1.29 is 4.74 Å². The molecule has 0 aliphatic heterocycles. The van der Waals surface area contributed by atoms with E-state index >= 15 is 0 Å². The van der Waals surface area contributed by atoms with Crippen LogP contribution < -0.4 is 5.32 Å². The van der Waals surface area contributed by atoms with Crippen LogP contribution in [-0.4, -0.2) is 34.4 Å². The Hall–Kier alpha value is -2.22. The standard InChI is InChI=1S/C20H26ClN5OSi/c1-15-11-22-20(21)25-19(15)24-18-7-5-16(6-8-18)17-12-23-26(13-17)14-27-9-10-28(2,3)4/h5-8,11-13H,9-10,14H2,1-4H3,(H,22,24,25). The van der Waals surface area contributed by atoms with Gasteiger partial charge in [-0.2, -0.15) is 5.10 Å². The molecule has 0 aliphatic rings. The number of nitrogens with one attached hydrogen (secondary N) is 1. The van der Waals surface area contributed by atoms with Gasteiger partial charge in [0.15, 0.2) is 0 Å². The number of hydrogen-bond acceptors (Lipinski definition) is 5. The number of rotatable bonds is 8. The SMILES string of the molecule is Cc1cnc(Cl)nc1Nc1ccc(-c2cnn(COCC[Si](C)(C)C)c2)cc1.